The van der Waals surface area contributed by atoms with Gasteiger partial charge in [-0.1, -0.05) is 167 Å². The van der Waals surface area contributed by atoms with Gasteiger partial charge in [-0.15, -0.1) is 11.8 Å². The number of rotatable bonds is 24. The average molecular weight is 1080 g/mol. The molecule has 5 aromatic carbocycles. The maximum atomic E-state index is 14.9. The highest BCUT2D eigenvalue weighted by Crippen LogP contribution is 2.49. The Morgan fingerprint density at radius 2 is 1.21 bits per heavy atom. The number of fused-ring (bicyclic) bond motifs is 3. The van der Waals surface area contributed by atoms with Crippen molar-refractivity contribution in [3.63, 3.8) is 0 Å². The number of unbranched alkanes of at least 4 members (excludes halogenated alkanes) is 1. The van der Waals surface area contributed by atoms with Crippen LogP contribution in [0.25, 0.3) is 11.1 Å². The molecule has 78 heavy (non-hydrogen) atoms. The number of alkyl carbamates (subject to hydrolysis) is 1. The zero-order valence-electron chi connectivity index (χ0n) is 46.4. The molecule has 14 heteroatoms. The zero-order valence-corrected chi connectivity index (χ0v) is 47.2. The van der Waals surface area contributed by atoms with Crippen molar-refractivity contribution >= 4 is 47.1 Å². The van der Waals surface area contributed by atoms with Crippen molar-refractivity contribution in [2.45, 2.75) is 121 Å². The lowest BCUT2D eigenvalue weighted by Gasteiger charge is -2.36. The van der Waals surface area contributed by atoms with E-state index in [0.29, 0.717) is 49.9 Å². The number of benzene rings is 5. The second-order valence-electron chi connectivity index (χ2n) is 22.5. The quantitative estimate of drug-likeness (QED) is 0.0228. The summed E-state index contributed by atoms with van der Waals surface area (Å²) in [6, 6.07) is 42.6. The van der Waals surface area contributed by atoms with Crippen LogP contribution in [0, 0.1) is 11.3 Å². The Morgan fingerprint density at radius 1 is 0.692 bits per heavy atom. The van der Waals surface area contributed by atoms with Crippen LogP contribution in [-0.4, -0.2) is 96.7 Å². The van der Waals surface area contributed by atoms with Crippen LogP contribution < -0.4 is 21.3 Å². The molecule has 5 aromatic rings. The molecule has 2 aliphatic carbocycles. The number of nitrogens with zero attached hydrogens (tertiary/aromatic N) is 1. The van der Waals surface area contributed by atoms with Crippen molar-refractivity contribution in [2.24, 2.45) is 16.3 Å². The molecule has 0 saturated heterocycles. The van der Waals surface area contributed by atoms with Crippen molar-refractivity contribution < 1.29 is 38.6 Å². The number of ketones is 1. The average Bonchev–Trinajstić information content (AvgIpc) is 3.81. The molecule has 5 N–H and O–H groups in total. The van der Waals surface area contributed by atoms with Crippen LogP contribution in [-0.2, 0) is 33.4 Å². The van der Waals surface area contributed by atoms with Crippen LogP contribution in [0.5, 0.6) is 0 Å². The molecule has 0 aliphatic heterocycles. The van der Waals surface area contributed by atoms with Crippen LogP contribution in [0.3, 0.4) is 0 Å². The molecule has 0 radical (unpaired) electrons. The first-order valence-corrected chi connectivity index (χ1v) is 28.2. The number of thioether (sulfide) groups is 1. The number of aliphatic imine (C=N–C) groups is 1. The van der Waals surface area contributed by atoms with E-state index >= 15 is 0 Å². The Kier molecular flexibility index (Phi) is 20.0. The maximum Gasteiger partial charge on any atom is 0.407 e. The van der Waals surface area contributed by atoms with E-state index in [-0.39, 0.29) is 54.2 Å². The Labute approximate surface area is 464 Å². The number of aliphatic hydroxyl groups is 1. The molecule has 3 unspecified atom stereocenters. The molecule has 0 heterocycles. The van der Waals surface area contributed by atoms with E-state index in [2.05, 4.69) is 69.8 Å². The van der Waals surface area contributed by atoms with Gasteiger partial charge in [0, 0.05) is 43.8 Å². The fourth-order valence-electron chi connectivity index (χ4n) is 10.4. The first-order valence-electron chi connectivity index (χ1n) is 27.2. The van der Waals surface area contributed by atoms with Crippen LogP contribution in [0.4, 0.5) is 4.79 Å². The third kappa shape index (κ3) is 15.0. The SMILES string of the molecule is CNC(=O)C(CSC(c1ccccc1)(c1ccccc1)c1ccccc1)NC(=O)C(CCCCN=C(CC(C)C)C1=C(O)CC(C)(C)CC1=O)NC(=O)C(COC(C)(C)C)NC(=O)OCC1c2ccccc2-c2ccccc21. The number of hydrogen-bond donors (Lipinski definition) is 5. The van der Waals surface area contributed by atoms with Crippen LogP contribution in [0.15, 0.2) is 156 Å². The number of amides is 4. The summed E-state index contributed by atoms with van der Waals surface area (Å²) in [5.41, 5.74) is 6.96. The van der Waals surface area contributed by atoms with E-state index in [1.807, 2.05) is 139 Å². The van der Waals surface area contributed by atoms with Gasteiger partial charge >= 0.3 is 6.09 Å². The topological polar surface area (TPSA) is 185 Å². The van der Waals surface area contributed by atoms with Gasteiger partial charge in [0.1, 0.15) is 30.5 Å². The molecule has 412 valence electrons. The minimum atomic E-state index is -1.29. The van der Waals surface area contributed by atoms with Crippen LogP contribution in [0.1, 0.15) is 121 Å². The summed E-state index contributed by atoms with van der Waals surface area (Å²) >= 11 is 1.52. The molecule has 0 aromatic heterocycles. The molecular formula is C64H77N5O8S. The largest absolute Gasteiger partial charge is 0.511 e. The second kappa shape index (κ2) is 26.5. The summed E-state index contributed by atoms with van der Waals surface area (Å²) in [7, 11) is 1.52. The molecule has 0 saturated carbocycles. The Bertz CT molecular complexity index is 2790. The highest BCUT2D eigenvalue weighted by Gasteiger charge is 2.40. The van der Waals surface area contributed by atoms with Crippen molar-refractivity contribution in [3.8, 4) is 11.1 Å². The number of allylic oxidation sites excluding steroid dienone is 2. The van der Waals surface area contributed by atoms with Crippen molar-refractivity contribution in [2.75, 3.05) is 32.6 Å². The van der Waals surface area contributed by atoms with Gasteiger partial charge in [0.2, 0.25) is 17.7 Å². The third-order valence-corrected chi connectivity index (χ3v) is 15.7. The molecule has 0 fully saturated rings. The summed E-state index contributed by atoms with van der Waals surface area (Å²) in [5, 5.41) is 22.5. The smallest absolute Gasteiger partial charge is 0.407 e. The van der Waals surface area contributed by atoms with Crippen molar-refractivity contribution in [1.82, 2.24) is 21.3 Å². The molecule has 7 rings (SSSR count). The van der Waals surface area contributed by atoms with Gasteiger partial charge < -0.3 is 35.8 Å². The standard InChI is InChI=1S/C64H77N5O8S/c1-42(2)36-52(57-55(70)37-63(6,7)38-56(57)71)66-35-23-22-34-51(67-60(74)53(40-77-62(3,4)5)69-61(75)76-39-50-48-32-20-18-30-46(48)47-31-19-21-33-49(47)50)59(73)68-54(58(72)65-8)41-78-64(43-24-12-9-13-25-43,44-26-14-10-15-27-44)45-28-16-11-17-29-45/h9-21,24-33,42,50-51,53-54,70H,22-23,34-41H2,1-8H3,(H,65,72)(H,67,74)(H,68,73)(H,69,75). The van der Waals surface area contributed by atoms with Gasteiger partial charge in [0.15, 0.2) is 5.78 Å². The lowest BCUT2D eigenvalue weighted by Crippen LogP contribution is -2.58. The van der Waals surface area contributed by atoms with Crippen molar-refractivity contribution in [1.29, 1.82) is 0 Å². The van der Waals surface area contributed by atoms with Gasteiger partial charge in [-0.3, -0.25) is 24.2 Å². The van der Waals surface area contributed by atoms with E-state index in [4.69, 9.17) is 14.5 Å². The van der Waals surface area contributed by atoms with Crippen LogP contribution in [0.2, 0.25) is 0 Å². The number of likely N-dealkylation sites (N-methyl/N-ethyl adjacent to an activating group) is 1. The summed E-state index contributed by atoms with van der Waals surface area (Å²) in [4.78, 5) is 75.7. The van der Waals surface area contributed by atoms with Crippen molar-refractivity contribution in [3.05, 3.63) is 179 Å². The molecule has 3 atom stereocenters. The Hall–Kier alpha value is -7.03. The van der Waals surface area contributed by atoms with E-state index in [9.17, 15) is 29.1 Å². The van der Waals surface area contributed by atoms with Gasteiger partial charge in [0.05, 0.1) is 22.5 Å². The lowest BCUT2D eigenvalue weighted by atomic mass is 9.75. The number of carbonyl (C=O) groups excluding carboxylic acids is 5. The predicted octanol–water partition coefficient (Wildman–Crippen LogP) is 11.0. The molecular weight excluding hydrogens is 999 g/mol. The highest BCUT2D eigenvalue weighted by molar-refractivity contribution is 8.00. The van der Waals surface area contributed by atoms with Crippen LogP contribution >= 0.6 is 11.8 Å². The molecule has 4 amide bonds. The number of hydrogen-bond acceptors (Lipinski definition) is 10. The fraction of sp³-hybridized carbons (Fsp3) is 0.406. The van der Waals surface area contributed by atoms with Gasteiger partial charge in [-0.2, -0.15) is 0 Å². The first kappa shape index (κ1) is 58.6. The fourth-order valence-corrected chi connectivity index (χ4v) is 11.9. The third-order valence-electron chi connectivity index (χ3n) is 14.1. The normalized spacial score (nSPS) is 15.7. The molecule has 13 nitrogen and oxygen atoms in total. The minimum Gasteiger partial charge on any atom is -0.511 e. The summed E-state index contributed by atoms with van der Waals surface area (Å²) < 4.78 is 11.2. The number of Topliss-reactive ketones (excluding diaryl/α,β-unsaturated/α-hetero) is 1. The number of carbonyl (C=O) groups is 5. The second-order valence-corrected chi connectivity index (χ2v) is 23.7. The van der Waals surface area contributed by atoms with Gasteiger partial charge in [0.25, 0.3) is 0 Å². The van der Waals surface area contributed by atoms with E-state index < -0.39 is 52.3 Å². The predicted molar refractivity (Wildman–Crippen MR) is 311 cm³/mol. The molecule has 0 spiro atoms. The highest BCUT2D eigenvalue weighted by atomic mass is 32.2. The Morgan fingerprint density at radius 3 is 1.72 bits per heavy atom. The zero-order chi connectivity index (χ0) is 56.0. The minimum absolute atomic E-state index is 0.0166. The molecule has 2 aliphatic rings. The summed E-state index contributed by atoms with van der Waals surface area (Å²) in [6.45, 7) is 13.6. The maximum absolute atomic E-state index is 14.9. The summed E-state index contributed by atoms with van der Waals surface area (Å²) in [5.74, 6) is -1.72. The number of ether oxygens (including phenoxy) is 2. The Balaban J connectivity index is 1.14. The summed E-state index contributed by atoms with van der Waals surface area (Å²) in [6.07, 6.45) is 1.33. The van der Waals surface area contributed by atoms with Gasteiger partial charge in [-0.05, 0) is 96.7 Å². The monoisotopic (exact) mass is 1080 g/mol. The molecule has 0 bridgehead atoms. The van der Waals surface area contributed by atoms with E-state index in [1.54, 1.807) is 0 Å². The first-order chi connectivity index (χ1) is 37.3. The number of nitrogens with one attached hydrogen (secondary N) is 4. The lowest BCUT2D eigenvalue weighted by molar-refractivity contribution is -0.133. The van der Waals surface area contributed by atoms with E-state index in [1.165, 1.54) is 18.8 Å². The van der Waals surface area contributed by atoms with E-state index in [0.717, 1.165) is 38.9 Å². The number of aliphatic hydroxyl groups excluding tert-OH is 1. The van der Waals surface area contributed by atoms with Gasteiger partial charge in [-0.25, -0.2) is 4.79 Å².